The van der Waals surface area contributed by atoms with Crippen LogP contribution in [0.5, 0.6) is 0 Å². The van der Waals surface area contributed by atoms with E-state index in [4.69, 9.17) is 0 Å². The van der Waals surface area contributed by atoms with E-state index in [2.05, 4.69) is 4.98 Å². The van der Waals surface area contributed by atoms with Crippen molar-refractivity contribution in [3.63, 3.8) is 0 Å². The number of aliphatic hydroxyl groups is 1. The minimum Gasteiger partial charge on any atom is -0.373 e. The number of pyridine rings is 1. The summed E-state index contributed by atoms with van der Waals surface area (Å²) >= 11 is 0. The third-order valence-corrected chi connectivity index (χ3v) is 3.21. The second-order valence-electron chi connectivity index (χ2n) is 4.80. The number of nitrogens with zero attached hydrogens (tertiary/aromatic N) is 1. The first-order valence-corrected chi connectivity index (χ1v) is 6.51. The predicted molar refractivity (Wildman–Crippen MR) is 74.6 cm³/mol. The summed E-state index contributed by atoms with van der Waals surface area (Å²) in [6, 6.07) is 11.3. The molecule has 7 heteroatoms. The van der Waals surface area contributed by atoms with Gasteiger partial charge in [0.25, 0.3) is 0 Å². The van der Waals surface area contributed by atoms with Gasteiger partial charge in [0.1, 0.15) is 0 Å². The summed E-state index contributed by atoms with van der Waals surface area (Å²) in [6.07, 6.45) is -3.50. The molecule has 2 nitrogen and oxygen atoms in total. The topological polar surface area (TPSA) is 33.1 Å². The number of rotatable bonds is 4. The highest BCUT2D eigenvalue weighted by Crippen LogP contribution is 2.48. The largest absolute Gasteiger partial charge is 0.457 e. The van der Waals surface area contributed by atoms with Crippen LogP contribution in [-0.2, 0) is 5.60 Å². The van der Waals surface area contributed by atoms with Gasteiger partial charge in [0.15, 0.2) is 5.60 Å². The van der Waals surface area contributed by atoms with E-state index >= 15 is 0 Å². The van der Waals surface area contributed by atoms with Gasteiger partial charge >= 0.3 is 12.1 Å². The molecular formula is C16H12F5NO. The molecule has 0 amide bonds. The van der Waals surface area contributed by atoms with E-state index < -0.39 is 23.4 Å². The zero-order chi connectivity index (χ0) is 17.1. The van der Waals surface area contributed by atoms with E-state index in [0.29, 0.717) is 11.6 Å². The Hall–Kier alpha value is -2.28. The highest BCUT2D eigenvalue weighted by molar-refractivity contribution is 5.51. The zero-order valence-electron chi connectivity index (χ0n) is 11.6. The van der Waals surface area contributed by atoms with E-state index in [1.165, 1.54) is 24.3 Å². The Balaban J connectivity index is 2.55. The molecule has 0 aliphatic rings. The number of hydrogen-bond acceptors (Lipinski definition) is 2. The maximum atomic E-state index is 13.9. The summed E-state index contributed by atoms with van der Waals surface area (Å²) in [5.41, 5.74) is -4.06. The van der Waals surface area contributed by atoms with Crippen LogP contribution in [0.3, 0.4) is 0 Å². The second-order valence-corrected chi connectivity index (χ2v) is 4.80. The number of alkyl halides is 5. The number of halogens is 5. The van der Waals surface area contributed by atoms with E-state index in [1.54, 1.807) is 18.2 Å². The smallest absolute Gasteiger partial charge is 0.373 e. The minimum atomic E-state index is -5.94. The van der Waals surface area contributed by atoms with Crippen molar-refractivity contribution in [3.05, 3.63) is 72.1 Å². The molecule has 1 N–H and O–H groups in total. The minimum absolute atomic E-state index is 0.361. The van der Waals surface area contributed by atoms with Gasteiger partial charge in [-0.25, -0.2) is 0 Å². The molecule has 0 aliphatic carbocycles. The molecule has 1 aromatic carbocycles. The molecular weight excluding hydrogens is 317 g/mol. The van der Waals surface area contributed by atoms with Gasteiger partial charge in [-0.05, 0) is 23.8 Å². The van der Waals surface area contributed by atoms with E-state index in [9.17, 15) is 27.1 Å². The average molecular weight is 329 g/mol. The van der Waals surface area contributed by atoms with E-state index in [1.807, 2.05) is 0 Å². The molecule has 1 unspecified atom stereocenters. The van der Waals surface area contributed by atoms with E-state index in [0.717, 1.165) is 18.3 Å². The SMILES string of the molecule is OC(/C=C/c1ccccc1)(c1ccccn1)C(F)(F)C(F)(F)F. The van der Waals surface area contributed by atoms with Crippen molar-refractivity contribution in [2.75, 3.05) is 0 Å². The Morgan fingerprint density at radius 2 is 1.48 bits per heavy atom. The van der Waals surface area contributed by atoms with Crippen LogP contribution in [0.1, 0.15) is 11.3 Å². The second kappa shape index (κ2) is 6.08. The first-order valence-electron chi connectivity index (χ1n) is 6.51. The average Bonchev–Trinajstić information content (AvgIpc) is 2.53. The molecule has 23 heavy (non-hydrogen) atoms. The van der Waals surface area contributed by atoms with Crippen LogP contribution in [0.25, 0.3) is 6.08 Å². The summed E-state index contributed by atoms with van der Waals surface area (Å²) in [4.78, 5) is 3.46. The standard InChI is InChI=1S/C16H12F5NO/c17-15(18,16(19,20)21)14(23,13-8-4-5-11-22-13)10-9-12-6-2-1-3-7-12/h1-11,23H/b10-9+. The van der Waals surface area contributed by atoms with Crippen molar-refractivity contribution in [2.45, 2.75) is 17.7 Å². The third-order valence-electron chi connectivity index (χ3n) is 3.21. The van der Waals surface area contributed by atoms with Crippen molar-refractivity contribution >= 4 is 6.08 Å². The van der Waals surface area contributed by atoms with Gasteiger partial charge in [-0.1, -0.05) is 42.5 Å². The third kappa shape index (κ3) is 3.24. The van der Waals surface area contributed by atoms with Crippen molar-refractivity contribution in [2.24, 2.45) is 0 Å². The van der Waals surface area contributed by atoms with Gasteiger partial charge in [-0.15, -0.1) is 0 Å². The highest BCUT2D eigenvalue weighted by Gasteiger charge is 2.70. The maximum Gasteiger partial charge on any atom is 0.457 e. The number of benzene rings is 1. The molecule has 1 aromatic heterocycles. The Morgan fingerprint density at radius 3 is 2.00 bits per heavy atom. The Kier molecular flexibility index (Phi) is 4.51. The van der Waals surface area contributed by atoms with Gasteiger partial charge in [0.05, 0.1) is 5.69 Å². The van der Waals surface area contributed by atoms with Crippen LogP contribution >= 0.6 is 0 Å². The van der Waals surface area contributed by atoms with Gasteiger partial charge in [-0.2, -0.15) is 22.0 Å². The molecule has 0 radical (unpaired) electrons. The lowest BCUT2D eigenvalue weighted by Gasteiger charge is -2.34. The van der Waals surface area contributed by atoms with Gasteiger partial charge in [-0.3, -0.25) is 4.98 Å². The first kappa shape index (κ1) is 17.1. The zero-order valence-corrected chi connectivity index (χ0v) is 11.6. The molecule has 2 rings (SSSR count). The molecule has 1 heterocycles. The quantitative estimate of drug-likeness (QED) is 0.854. The number of aromatic nitrogens is 1. The van der Waals surface area contributed by atoms with E-state index in [-0.39, 0.29) is 0 Å². The number of hydrogen-bond donors (Lipinski definition) is 1. The lowest BCUT2D eigenvalue weighted by Crippen LogP contribution is -2.54. The molecule has 0 bridgehead atoms. The summed E-state index contributed by atoms with van der Waals surface area (Å²) in [5, 5.41) is 10.2. The van der Waals surface area contributed by atoms with Crippen LogP contribution < -0.4 is 0 Å². The molecule has 0 aliphatic heterocycles. The summed E-state index contributed by atoms with van der Waals surface area (Å²) in [5.74, 6) is -5.42. The monoisotopic (exact) mass is 329 g/mol. The summed E-state index contributed by atoms with van der Waals surface area (Å²) in [7, 11) is 0. The van der Waals surface area contributed by atoms with Gasteiger partial charge in [0.2, 0.25) is 0 Å². The first-order chi connectivity index (χ1) is 10.7. The molecule has 0 spiro atoms. The van der Waals surface area contributed by atoms with Gasteiger partial charge < -0.3 is 5.11 Å². The Labute approximate surface area is 128 Å². The van der Waals surface area contributed by atoms with Gasteiger partial charge in [0, 0.05) is 6.20 Å². The predicted octanol–water partition coefficient (Wildman–Crippen LogP) is 4.18. The highest BCUT2D eigenvalue weighted by atomic mass is 19.4. The van der Waals surface area contributed by atoms with Crippen LogP contribution in [-0.4, -0.2) is 22.2 Å². The summed E-state index contributed by atoms with van der Waals surface area (Å²) < 4.78 is 66.1. The molecule has 2 aromatic rings. The van der Waals surface area contributed by atoms with Crippen molar-refractivity contribution in [1.29, 1.82) is 0 Å². The fourth-order valence-corrected chi connectivity index (χ4v) is 1.94. The molecule has 0 fully saturated rings. The van der Waals surface area contributed by atoms with Crippen LogP contribution in [0.15, 0.2) is 60.8 Å². The Bertz CT molecular complexity index is 670. The molecule has 0 saturated heterocycles. The van der Waals surface area contributed by atoms with Crippen molar-refractivity contribution in [1.82, 2.24) is 4.98 Å². The lowest BCUT2D eigenvalue weighted by molar-refractivity contribution is -0.335. The molecule has 122 valence electrons. The Morgan fingerprint density at radius 1 is 0.870 bits per heavy atom. The summed E-state index contributed by atoms with van der Waals surface area (Å²) in [6.45, 7) is 0. The van der Waals surface area contributed by atoms with Crippen LogP contribution in [0, 0.1) is 0 Å². The maximum absolute atomic E-state index is 13.9. The lowest BCUT2D eigenvalue weighted by atomic mass is 9.89. The van der Waals surface area contributed by atoms with Crippen molar-refractivity contribution in [3.8, 4) is 0 Å². The molecule has 0 saturated carbocycles. The fraction of sp³-hybridized carbons (Fsp3) is 0.188. The van der Waals surface area contributed by atoms with Crippen molar-refractivity contribution < 1.29 is 27.1 Å². The van der Waals surface area contributed by atoms with Crippen LogP contribution in [0.4, 0.5) is 22.0 Å². The fourth-order valence-electron chi connectivity index (χ4n) is 1.94. The normalized spacial score (nSPS) is 15.6. The van der Waals surface area contributed by atoms with Crippen LogP contribution in [0.2, 0.25) is 0 Å². The molecule has 1 atom stereocenters.